The van der Waals surface area contributed by atoms with Gasteiger partial charge in [0.2, 0.25) is 5.75 Å². The van der Waals surface area contributed by atoms with Crippen LogP contribution in [-0.4, -0.2) is 64.6 Å². The highest BCUT2D eigenvalue weighted by Gasteiger charge is 2.38. The Morgan fingerprint density at radius 1 is 0.963 bits per heavy atom. The molecule has 3 rings (SSSR count). The summed E-state index contributed by atoms with van der Waals surface area (Å²) in [5.41, 5.74) is 1.40. The van der Waals surface area contributed by atoms with Crippen molar-refractivity contribution in [3.8, 4) is 17.2 Å². The van der Waals surface area contributed by atoms with Crippen LogP contribution in [0, 0.1) is 0 Å². The van der Waals surface area contributed by atoms with E-state index in [9.17, 15) is 0 Å². The maximum absolute atomic E-state index is 5.58. The van der Waals surface area contributed by atoms with Gasteiger partial charge in [-0.15, -0.1) is 0 Å². The molecule has 1 saturated carbocycles. The van der Waals surface area contributed by atoms with Crippen LogP contribution < -0.4 is 19.5 Å². The average molecular weight is 379 g/mol. The zero-order valence-electron chi connectivity index (χ0n) is 17.0. The van der Waals surface area contributed by atoms with E-state index in [1.165, 1.54) is 32.1 Å². The molecule has 1 aliphatic carbocycles. The van der Waals surface area contributed by atoms with Crippen LogP contribution in [0.2, 0.25) is 0 Å². The quantitative estimate of drug-likeness (QED) is 0.751. The van der Waals surface area contributed by atoms with Crippen LogP contribution in [-0.2, 0) is 11.3 Å². The smallest absolute Gasteiger partial charge is 0.203 e. The third kappa shape index (κ3) is 4.68. The molecule has 0 atom stereocenters. The Morgan fingerprint density at radius 3 is 2.15 bits per heavy atom. The number of ether oxygens (including phenoxy) is 4. The number of nitrogens with zero attached hydrogens (tertiary/aromatic N) is 1. The Labute approximate surface area is 163 Å². The molecule has 0 amide bonds. The van der Waals surface area contributed by atoms with E-state index in [-0.39, 0.29) is 5.54 Å². The first-order valence-corrected chi connectivity index (χ1v) is 10.0. The lowest BCUT2D eigenvalue weighted by molar-refractivity contribution is -0.0369. The third-order valence-electron chi connectivity index (χ3n) is 5.97. The Morgan fingerprint density at radius 2 is 1.59 bits per heavy atom. The molecule has 6 heteroatoms. The van der Waals surface area contributed by atoms with Crippen LogP contribution in [0.5, 0.6) is 17.2 Å². The Kier molecular flexibility index (Phi) is 7.21. The summed E-state index contributed by atoms with van der Waals surface area (Å²) in [6.07, 6.45) is 6.55. The molecule has 1 saturated heterocycles. The van der Waals surface area contributed by atoms with Crippen molar-refractivity contribution in [3.63, 3.8) is 0 Å². The normalized spacial score (nSPS) is 20.3. The molecular weight excluding hydrogens is 344 g/mol. The molecular formula is C21H34N2O4. The lowest BCUT2D eigenvalue weighted by Crippen LogP contribution is -2.59. The minimum Gasteiger partial charge on any atom is -0.493 e. The highest BCUT2D eigenvalue weighted by Crippen LogP contribution is 2.38. The Hall–Kier alpha value is -1.50. The van der Waals surface area contributed by atoms with Gasteiger partial charge < -0.3 is 24.3 Å². The monoisotopic (exact) mass is 378 g/mol. The van der Waals surface area contributed by atoms with Gasteiger partial charge in [-0.25, -0.2) is 0 Å². The number of morpholine rings is 1. The minimum absolute atomic E-state index is 0.267. The van der Waals surface area contributed by atoms with Crippen LogP contribution in [0.1, 0.15) is 37.7 Å². The second kappa shape index (κ2) is 9.62. The summed E-state index contributed by atoms with van der Waals surface area (Å²) < 4.78 is 22.0. The summed E-state index contributed by atoms with van der Waals surface area (Å²) in [6, 6.07) is 4.05. The third-order valence-corrected chi connectivity index (χ3v) is 5.97. The van der Waals surface area contributed by atoms with Gasteiger partial charge in [-0.2, -0.15) is 0 Å². The molecule has 0 bridgehead atoms. The topological polar surface area (TPSA) is 52.2 Å². The number of benzene rings is 1. The Balaban J connectivity index is 1.68. The summed E-state index contributed by atoms with van der Waals surface area (Å²) >= 11 is 0. The number of methoxy groups -OCH3 is 3. The number of hydrogen-bond donors (Lipinski definition) is 1. The van der Waals surface area contributed by atoms with Crippen LogP contribution in [0.15, 0.2) is 12.1 Å². The van der Waals surface area contributed by atoms with Crippen molar-refractivity contribution in [2.45, 2.75) is 44.2 Å². The van der Waals surface area contributed by atoms with Crippen LogP contribution in [0.4, 0.5) is 0 Å². The van der Waals surface area contributed by atoms with Gasteiger partial charge in [0, 0.05) is 31.7 Å². The van der Waals surface area contributed by atoms with E-state index in [1.54, 1.807) is 21.3 Å². The maximum atomic E-state index is 5.58. The molecule has 0 unspecified atom stereocenters. The van der Waals surface area contributed by atoms with E-state index < -0.39 is 0 Å². The van der Waals surface area contributed by atoms with Crippen molar-refractivity contribution in [3.05, 3.63) is 17.7 Å². The fourth-order valence-corrected chi connectivity index (χ4v) is 4.53. The van der Waals surface area contributed by atoms with Gasteiger partial charge in [0.1, 0.15) is 0 Å². The first-order chi connectivity index (χ1) is 13.2. The van der Waals surface area contributed by atoms with Crippen molar-refractivity contribution in [2.75, 3.05) is 54.2 Å². The summed E-state index contributed by atoms with van der Waals surface area (Å²) in [5, 5.41) is 3.72. The second-order valence-corrected chi connectivity index (χ2v) is 7.52. The number of rotatable bonds is 8. The minimum atomic E-state index is 0.267. The summed E-state index contributed by atoms with van der Waals surface area (Å²) in [5.74, 6) is 2.05. The van der Waals surface area contributed by atoms with E-state index in [4.69, 9.17) is 18.9 Å². The fourth-order valence-electron chi connectivity index (χ4n) is 4.53. The second-order valence-electron chi connectivity index (χ2n) is 7.52. The highest BCUT2D eigenvalue weighted by molar-refractivity contribution is 5.53. The molecule has 152 valence electrons. The molecule has 1 aromatic carbocycles. The van der Waals surface area contributed by atoms with Gasteiger partial charge in [0.25, 0.3) is 0 Å². The molecule has 1 N–H and O–H groups in total. The first kappa shape index (κ1) is 20.2. The van der Waals surface area contributed by atoms with Gasteiger partial charge in [-0.05, 0) is 30.5 Å². The predicted octanol–water partition coefficient (Wildman–Crippen LogP) is 2.84. The molecule has 6 nitrogen and oxygen atoms in total. The van der Waals surface area contributed by atoms with Gasteiger partial charge >= 0.3 is 0 Å². The van der Waals surface area contributed by atoms with Crippen molar-refractivity contribution >= 4 is 0 Å². The molecule has 1 aromatic rings. The van der Waals surface area contributed by atoms with Crippen molar-refractivity contribution < 1.29 is 18.9 Å². The summed E-state index contributed by atoms with van der Waals surface area (Å²) in [6.45, 7) is 5.59. The highest BCUT2D eigenvalue weighted by atomic mass is 16.5. The zero-order valence-corrected chi connectivity index (χ0v) is 17.0. The molecule has 1 heterocycles. The SMILES string of the molecule is COc1cc(CNCC2(N3CCOCC3)CCCCC2)cc(OC)c1OC. The van der Waals surface area contributed by atoms with E-state index in [2.05, 4.69) is 10.2 Å². The molecule has 0 radical (unpaired) electrons. The predicted molar refractivity (Wildman–Crippen MR) is 106 cm³/mol. The largest absolute Gasteiger partial charge is 0.493 e. The van der Waals surface area contributed by atoms with Gasteiger partial charge in [-0.1, -0.05) is 19.3 Å². The van der Waals surface area contributed by atoms with E-state index in [0.29, 0.717) is 17.2 Å². The summed E-state index contributed by atoms with van der Waals surface area (Å²) in [4.78, 5) is 2.66. The fraction of sp³-hybridized carbons (Fsp3) is 0.714. The molecule has 0 spiro atoms. The number of hydrogen-bond acceptors (Lipinski definition) is 6. The van der Waals surface area contributed by atoms with E-state index in [0.717, 1.165) is 45.0 Å². The maximum Gasteiger partial charge on any atom is 0.203 e. The van der Waals surface area contributed by atoms with Crippen molar-refractivity contribution in [2.24, 2.45) is 0 Å². The van der Waals surface area contributed by atoms with Gasteiger partial charge in [-0.3, -0.25) is 4.90 Å². The summed E-state index contributed by atoms with van der Waals surface area (Å²) in [7, 11) is 4.95. The molecule has 1 aliphatic heterocycles. The van der Waals surface area contributed by atoms with E-state index >= 15 is 0 Å². The standard InChI is InChI=1S/C21H34N2O4/c1-24-18-13-17(14-19(25-2)20(18)26-3)15-22-16-21(7-5-4-6-8-21)23-9-11-27-12-10-23/h13-14,22H,4-12,15-16H2,1-3H3. The van der Waals surface area contributed by atoms with Gasteiger partial charge in [0.05, 0.1) is 34.5 Å². The molecule has 27 heavy (non-hydrogen) atoms. The van der Waals surface area contributed by atoms with E-state index in [1.807, 2.05) is 12.1 Å². The Bertz CT molecular complexity index is 571. The van der Waals surface area contributed by atoms with Crippen molar-refractivity contribution in [1.29, 1.82) is 0 Å². The number of nitrogens with one attached hydrogen (secondary N) is 1. The lowest BCUT2D eigenvalue weighted by Gasteiger charge is -2.48. The molecule has 0 aromatic heterocycles. The van der Waals surface area contributed by atoms with Crippen molar-refractivity contribution in [1.82, 2.24) is 10.2 Å². The molecule has 2 fully saturated rings. The first-order valence-electron chi connectivity index (χ1n) is 10.0. The molecule has 2 aliphatic rings. The van der Waals surface area contributed by atoms with Gasteiger partial charge in [0.15, 0.2) is 11.5 Å². The van der Waals surface area contributed by atoms with Crippen LogP contribution in [0.3, 0.4) is 0 Å². The zero-order chi connectivity index (χ0) is 19.1. The average Bonchev–Trinajstić information content (AvgIpc) is 2.74. The lowest BCUT2D eigenvalue weighted by atomic mass is 9.79. The van der Waals surface area contributed by atoms with Crippen LogP contribution >= 0.6 is 0 Å². The van der Waals surface area contributed by atoms with Crippen LogP contribution in [0.25, 0.3) is 0 Å².